The summed E-state index contributed by atoms with van der Waals surface area (Å²) in [5, 5.41) is 18.3. The number of hydrogen-bond acceptors (Lipinski definition) is 2. The molecule has 0 rings (SSSR count). The normalized spacial score (nSPS) is 13.5. The van der Waals surface area contributed by atoms with Gasteiger partial charge >= 0.3 is 11.9 Å². The summed E-state index contributed by atoms with van der Waals surface area (Å²) in [6.07, 6.45) is 0.850. The van der Waals surface area contributed by atoms with E-state index >= 15 is 0 Å². The number of carboxylic acid groups (broad SMARTS) is 2. The van der Waals surface area contributed by atoms with Crippen molar-refractivity contribution in [2.24, 2.45) is 23.2 Å². The van der Waals surface area contributed by atoms with Crippen LogP contribution in [0.3, 0.4) is 0 Å². The van der Waals surface area contributed by atoms with E-state index in [0.717, 1.165) is 6.08 Å². The van der Waals surface area contributed by atoms with Crippen molar-refractivity contribution in [3.8, 4) is 0 Å². The monoisotopic (exact) mass is 256 g/mol. The van der Waals surface area contributed by atoms with Crippen molar-refractivity contribution in [1.29, 1.82) is 0 Å². The highest BCUT2D eigenvalue weighted by atomic mass is 16.4. The minimum atomic E-state index is -1.21. The zero-order valence-electron chi connectivity index (χ0n) is 12.0. The molecule has 0 amide bonds. The van der Waals surface area contributed by atoms with Gasteiger partial charge in [-0.2, -0.15) is 0 Å². The van der Waals surface area contributed by atoms with Crippen molar-refractivity contribution in [1.82, 2.24) is 0 Å². The quantitative estimate of drug-likeness (QED) is 0.716. The Morgan fingerprint density at radius 3 is 1.39 bits per heavy atom. The molecule has 0 spiro atoms. The highest BCUT2D eigenvalue weighted by Gasteiger charge is 2.46. The third-order valence-corrected chi connectivity index (χ3v) is 3.83. The molecule has 18 heavy (non-hydrogen) atoms. The van der Waals surface area contributed by atoms with E-state index in [9.17, 15) is 14.7 Å². The maximum absolute atomic E-state index is 11.5. The van der Waals surface area contributed by atoms with Gasteiger partial charge in [0.2, 0.25) is 0 Å². The fourth-order valence-electron chi connectivity index (χ4n) is 3.43. The number of hydrogen-bond donors (Lipinski definition) is 2. The second-order valence-corrected chi connectivity index (χ2v) is 5.60. The fraction of sp³-hybridized carbons (Fsp3) is 0.714. The number of aliphatic carboxylic acids is 2. The first-order valence-electron chi connectivity index (χ1n) is 6.26. The van der Waals surface area contributed by atoms with Crippen LogP contribution in [0.5, 0.6) is 0 Å². The van der Waals surface area contributed by atoms with Crippen LogP contribution in [-0.2, 0) is 9.59 Å². The molecule has 2 N–H and O–H groups in total. The number of rotatable bonds is 6. The Labute approximate surface area is 109 Å². The lowest BCUT2D eigenvalue weighted by Crippen LogP contribution is -2.43. The zero-order valence-corrected chi connectivity index (χ0v) is 12.0. The van der Waals surface area contributed by atoms with Gasteiger partial charge in [-0.1, -0.05) is 41.5 Å². The first-order valence-corrected chi connectivity index (χ1v) is 6.26. The Morgan fingerprint density at radius 1 is 0.889 bits per heavy atom. The Balaban J connectivity index is 6.12. The van der Waals surface area contributed by atoms with E-state index in [2.05, 4.69) is 0 Å². The molecule has 0 radical (unpaired) electrons. The summed E-state index contributed by atoms with van der Waals surface area (Å²) in [6.45, 7) is 11.7. The smallest absolute Gasteiger partial charge is 0.332 e. The van der Waals surface area contributed by atoms with E-state index in [1.165, 1.54) is 0 Å². The molecule has 0 saturated carbocycles. The standard InChI is InChI=1S/C14H24O4/c1-8(2)14(9(3)4,10(5)6)11(13(17)18)7-12(15)16/h7-10H,1-6H3,(H,15,16)(H,17,18)/b11-7+. The van der Waals surface area contributed by atoms with Gasteiger partial charge < -0.3 is 10.2 Å². The van der Waals surface area contributed by atoms with Crippen molar-refractivity contribution in [3.63, 3.8) is 0 Å². The van der Waals surface area contributed by atoms with E-state index in [0.29, 0.717) is 0 Å². The summed E-state index contributed by atoms with van der Waals surface area (Å²) in [5.74, 6) is -2.23. The molecule has 0 fully saturated rings. The lowest BCUT2D eigenvalue weighted by Gasteiger charge is -2.45. The van der Waals surface area contributed by atoms with Crippen LogP contribution in [0.25, 0.3) is 0 Å². The summed E-state index contributed by atoms with van der Waals surface area (Å²) >= 11 is 0. The van der Waals surface area contributed by atoms with Gasteiger partial charge in [0, 0.05) is 11.5 Å². The lowest BCUT2D eigenvalue weighted by atomic mass is 9.58. The molecule has 104 valence electrons. The highest BCUT2D eigenvalue weighted by Crippen LogP contribution is 2.48. The molecule has 0 bridgehead atoms. The van der Waals surface area contributed by atoms with Crippen LogP contribution < -0.4 is 0 Å². The molecule has 0 aromatic carbocycles. The molecular weight excluding hydrogens is 232 g/mol. The van der Waals surface area contributed by atoms with Crippen LogP contribution in [0.2, 0.25) is 0 Å². The van der Waals surface area contributed by atoms with Crippen molar-refractivity contribution in [3.05, 3.63) is 11.6 Å². The third-order valence-electron chi connectivity index (χ3n) is 3.83. The van der Waals surface area contributed by atoms with Crippen molar-refractivity contribution >= 4 is 11.9 Å². The molecule has 0 atom stereocenters. The summed E-state index contributed by atoms with van der Waals surface area (Å²) in [6, 6.07) is 0. The van der Waals surface area contributed by atoms with Crippen molar-refractivity contribution < 1.29 is 19.8 Å². The van der Waals surface area contributed by atoms with Crippen molar-refractivity contribution in [2.75, 3.05) is 0 Å². The van der Waals surface area contributed by atoms with Gasteiger partial charge in [-0.3, -0.25) is 0 Å². The molecule has 0 aromatic heterocycles. The minimum Gasteiger partial charge on any atom is -0.478 e. The first kappa shape index (κ1) is 16.7. The number of carboxylic acids is 2. The Bertz CT molecular complexity index is 329. The van der Waals surface area contributed by atoms with Gasteiger partial charge in [-0.05, 0) is 17.8 Å². The molecule has 0 unspecified atom stereocenters. The van der Waals surface area contributed by atoms with Crippen LogP contribution >= 0.6 is 0 Å². The van der Waals surface area contributed by atoms with Gasteiger partial charge in [0.15, 0.2) is 0 Å². The second kappa shape index (κ2) is 6.03. The summed E-state index contributed by atoms with van der Waals surface area (Å²) < 4.78 is 0. The van der Waals surface area contributed by atoms with Crippen LogP contribution in [-0.4, -0.2) is 22.2 Å². The van der Waals surface area contributed by atoms with E-state index in [1.807, 2.05) is 41.5 Å². The maximum atomic E-state index is 11.5. The topological polar surface area (TPSA) is 74.6 Å². The van der Waals surface area contributed by atoms with E-state index in [1.54, 1.807) is 0 Å². The molecule has 0 aliphatic carbocycles. The van der Waals surface area contributed by atoms with Gasteiger partial charge in [-0.25, -0.2) is 9.59 Å². The minimum absolute atomic E-state index is 0.00463. The SMILES string of the molecule is CC(C)C(/C(=C/C(=O)O)C(=O)O)(C(C)C)C(C)C. The predicted octanol–water partition coefficient (Wildman–Crippen LogP) is 3.04. The van der Waals surface area contributed by atoms with E-state index < -0.39 is 17.4 Å². The summed E-state index contributed by atoms with van der Waals surface area (Å²) in [5.41, 5.74) is -0.653. The Morgan fingerprint density at radius 2 is 1.22 bits per heavy atom. The molecule has 0 heterocycles. The fourth-order valence-corrected chi connectivity index (χ4v) is 3.43. The van der Waals surface area contributed by atoms with Crippen LogP contribution in [0.1, 0.15) is 41.5 Å². The van der Waals surface area contributed by atoms with Gasteiger partial charge in [0.05, 0.1) is 5.57 Å². The van der Waals surface area contributed by atoms with E-state index in [4.69, 9.17) is 5.11 Å². The van der Waals surface area contributed by atoms with Gasteiger partial charge in [-0.15, -0.1) is 0 Å². The first-order chi connectivity index (χ1) is 8.08. The molecule has 0 saturated heterocycles. The molecule has 0 aromatic rings. The van der Waals surface area contributed by atoms with Crippen LogP contribution in [0.4, 0.5) is 0 Å². The average molecular weight is 256 g/mol. The average Bonchev–Trinajstić information content (AvgIpc) is 2.14. The predicted molar refractivity (Wildman–Crippen MR) is 70.3 cm³/mol. The maximum Gasteiger partial charge on any atom is 0.332 e. The zero-order chi connectivity index (χ0) is 14.7. The van der Waals surface area contributed by atoms with E-state index in [-0.39, 0.29) is 23.3 Å². The van der Waals surface area contributed by atoms with Gasteiger partial charge in [0.1, 0.15) is 0 Å². The van der Waals surface area contributed by atoms with Crippen LogP contribution in [0, 0.1) is 23.2 Å². The Hall–Kier alpha value is -1.32. The second-order valence-electron chi connectivity index (χ2n) is 5.60. The Kier molecular flexibility index (Phi) is 5.58. The molecule has 0 aliphatic heterocycles. The molecule has 0 aliphatic rings. The lowest BCUT2D eigenvalue weighted by molar-refractivity contribution is -0.137. The van der Waals surface area contributed by atoms with Crippen LogP contribution in [0.15, 0.2) is 11.6 Å². The molecular formula is C14H24O4. The summed E-state index contributed by atoms with van der Waals surface area (Å²) in [7, 11) is 0. The highest BCUT2D eigenvalue weighted by molar-refractivity contribution is 5.96. The van der Waals surface area contributed by atoms with Crippen molar-refractivity contribution in [2.45, 2.75) is 41.5 Å². The molecule has 4 nitrogen and oxygen atoms in total. The number of carbonyl (C=O) groups is 2. The largest absolute Gasteiger partial charge is 0.478 e. The third kappa shape index (κ3) is 2.92. The van der Waals surface area contributed by atoms with Gasteiger partial charge in [0.25, 0.3) is 0 Å². The summed E-state index contributed by atoms with van der Waals surface area (Å²) in [4.78, 5) is 22.4. The molecule has 4 heteroatoms.